The molecule has 0 aliphatic heterocycles. The minimum absolute atomic E-state index is 0.364. The van der Waals surface area contributed by atoms with Crippen LogP contribution in [0.15, 0.2) is 60.4 Å². The normalized spacial score (nSPS) is 14.7. The molecule has 0 bridgehead atoms. The molecular weight excluding hydrogens is 248 g/mol. The van der Waals surface area contributed by atoms with Crippen molar-refractivity contribution in [2.45, 2.75) is 13.3 Å². The maximum Gasteiger partial charge on any atom is 0.138 e. The molecule has 0 amide bonds. The van der Waals surface area contributed by atoms with Crippen LogP contribution in [0.2, 0.25) is 0 Å². The summed E-state index contributed by atoms with van der Waals surface area (Å²) in [5.41, 5.74) is 4.08. The van der Waals surface area contributed by atoms with Gasteiger partial charge in [0.2, 0.25) is 0 Å². The molecule has 2 N–H and O–H groups in total. The molecule has 0 radical (unpaired) electrons. The van der Waals surface area contributed by atoms with Crippen molar-refractivity contribution in [3.8, 4) is 11.3 Å². The van der Waals surface area contributed by atoms with Crippen molar-refractivity contribution in [3.63, 3.8) is 0 Å². The van der Waals surface area contributed by atoms with E-state index in [1.165, 1.54) is 0 Å². The van der Waals surface area contributed by atoms with E-state index in [0.29, 0.717) is 12.2 Å². The average Bonchev–Trinajstić information content (AvgIpc) is 2.71. The van der Waals surface area contributed by atoms with E-state index >= 15 is 0 Å². The summed E-state index contributed by atoms with van der Waals surface area (Å²) < 4.78 is 0. The molecule has 2 aromatic rings. The Bertz CT molecular complexity index is 706. The maximum atomic E-state index is 9.53. The van der Waals surface area contributed by atoms with Crippen LogP contribution in [0.5, 0.6) is 0 Å². The molecule has 0 spiro atoms. The van der Waals surface area contributed by atoms with Gasteiger partial charge in [0.15, 0.2) is 0 Å². The third-order valence-corrected chi connectivity index (χ3v) is 3.29. The first kappa shape index (κ1) is 12.5. The average molecular weight is 264 g/mol. The summed E-state index contributed by atoms with van der Waals surface area (Å²) in [6, 6.07) is 10.1. The van der Waals surface area contributed by atoms with Crippen molar-refractivity contribution in [2.75, 3.05) is 0 Å². The number of aromatic nitrogens is 2. The molecule has 100 valence electrons. The van der Waals surface area contributed by atoms with E-state index in [1.54, 1.807) is 6.08 Å². The van der Waals surface area contributed by atoms with Gasteiger partial charge in [0.25, 0.3) is 0 Å². The lowest BCUT2D eigenvalue weighted by atomic mass is 10.1. The quantitative estimate of drug-likeness (QED) is 0.855. The number of aromatic amines is 1. The number of rotatable bonds is 2. The number of allylic oxidation sites excluding steroid dienone is 5. The Kier molecular flexibility index (Phi) is 3.25. The van der Waals surface area contributed by atoms with Crippen molar-refractivity contribution in [2.24, 2.45) is 0 Å². The van der Waals surface area contributed by atoms with Crippen molar-refractivity contribution in [1.82, 2.24) is 9.97 Å². The predicted octanol–water partition coefficient (Wildman–Crippen LogP) is 4.17. The number of imidazole rings is 1. The molecule has 1 heterocycles. The second-order valence-corrected chi connectivity index (χ2v) is 4.81. The molecule has 0 unspecified atom stereocenters. The fourth-order valence-electron chi connectivity index (χ4n) is 2.25. The number of nitrogens with zero attached hydrogens (tertiary/aromatic N) is 1. The van der Waals surface area contributed by atoms with Gasteiger partial charge >= 0.3 is 0 Å². The highest BCUT2D eigenvalue weighted by Gasteiger charge is 2.11. The summed E-state index contributed by atoms with van der Waals surface area (Å²) in [4.78, 5) is 8.00. The van der Waals surface area contributed by atoms with E-state index in [4.69, 9.17) is 0 Å². The van der Waals surface area contributed by atoms with Gasteiger partial charge < -0.3 is 10.1 Å². The van der Waals surface area contributed by atoms with E-state index in [0.717, 1.165) is 28.3 Å². The number of hydrogen-bond acceptors (Lipinski definition) is 2. The zero-order chi connectivity index (χ0) is 13.9. The van der Waals surface area contributed by atoms with Crippen molar-refractivity contribution in [1.29, 1.82) is 0 Å². The van der Waals surface area contributed by atoms with E-state index in [2.05, 4.69) is 22.1 Å². The van der Waals surface area contributed by atoms with Crippen LogP contribution in [0, 0.1) is 6.92 Å². The minimum Gasteiger partial charge on any atom is -0.512 e. The van der Waals surface area contributed by atoms with Gasteiger partial charge in [-0.3, -0.25) is 0 Å². The highest BCUT2D eigenvalue weighted by atomic mass is 16.3. The van der Waals surface area contributed by atoms with Crippen molar-refractivity contribution < 1.29 is 5.11 Å². The fraction of sp³-hybridized carbons (Fsp3) is 0.118. The molecule has 0 saturated carbocycles. The monoisotopic (exact) mass is 264 g/mol. The molecule has 0 atom stereocenters. The number of benzene rings is 1. The van der Waals surface area contributed by atoms with Crippen LogP contribution in [0.4, 0.5) is 0 Å². The molecule has 0 fully saturated rings. The van der Waals surface area contributed by atoms with Crippen LogP contribution in [0.25, 0.3) is 16.8 Å². The number of aliphatic hydroxyl groups is 1. The zero-order valence-corrected chi connectivity index (χ0v) is 11.3. The van der Waals surface area contributed by atoms with Gasteiger partial charge in [-0.2, -0.15) is 0 Å². The highest BCUT2D eigenvalue weighted by Crippen LogP contribution is 2.25. The molecule has 1 aromatic heterocycles. The number of hydrogen-bond donors (Lipinski definition) is 2. The van der Waals surface area contributed by atoms with Crippen LogP contribution in [-0.2, 0) is 0 Å². The molecule has 3 rings (SSSR count). The van der Waals surface area contributed by atoms with Gasteiger partial charge in [0.1, 0.15) is 5.82 Å². The van der Waals surface area contributed by atoms with Gasteiger partial charge in [-0.05, 0) is 19.1 Å². The smallest absolute Gasteiger partial charge is 0.138 e. The van der Waals surface area contributed by atoms with E-state index in [-0.39, 0.29) is 0 Å². The topological polar surface area (TPSA) is 48.9 Å². The van der Waals surface area contributed by atoms with Gasteiger partial charge in [-0.1, -0.05) is 42.5 Å². The predicted molar refractivity (Wildman–Crippen MR) is 81.2 cm³/mol. The van der Waals surface area contributed by atoms with E-state index < -0.39 is 0 Å². The molecule has 1 aromatic carbocycles. The number of aliphatic hydroxyl groups excluding tert-OH is 1. The molecule has 0 saturated heterocycles. The van der Waals surface area contributed by atoms with Crippen LogP contribution < -0.4 is 0 Å². The lowest BCUT2D eigenvalue weighted by Crippen LogP contribution is -1.84. The second kappa shape index (κ2) is 5.21. The molecule has 3 heteroatoms. The Morgan fingerprint density at radius 1 is 1.15 bits per heavy atom. The maximum absolute atomic E-state index is 9.53. The Morgan fingerprint density at radius 3 is 2.75 bits per heavy atom. The summed E-state index contributed by atoms with van der Waals surface area (Å²) >= 11 is 0. The highest BCUT2D eigenvalue weighted by molar-refractivity contribution is 5.74. The van der Waals surface area contributed by atoms with Crippen LogP contribution in [0.1, 0.15) is 17.9 Å². The molecule has 1 aliphatic rings. The minimum atomic E-state index is 0.364. The first-order chi connectivity index (χ1) is 9.74. The third kappa shape index (κ3) is 2.43. The van der Waals surface area contributed by atoms with E-state index in [9.17, 15) is 5.11 Å². The van der Waals surface area contributed by atoms with Crippen LogP contribution in [-0.4, -0.2) is 15.1 Å². The SMILES string of the molecule is Cc1[nH]c(C2=CC=C(O)CC=C2)nc1-c1ccccc1. The Labute approximate surface area is 118 Å². The summed E-state index contributed by atoms with van der Waals surface area (Å²) in [7, 11) is 0. The number of nitrogens with one attached hydrogen (secondary N) is 1. The first-order valence-electron chi connectivity index (χ1n) is 6.63. The van der Waals surface area contributed by atoms with Gasteiger partial charge in [-0.15, -0.1) is 0 Å². The second-order valence-electron chi connectivity index (χ2n) is 4.81. The summed E-state index contributed by atoms with van der Waals surface area (Å²) in [5, 5.41) is 9.53. The van der Waals surface area contributed by atoms with Crippen LogP contribution >= 0.6 is 0 Å². The summed E-state index contributed by atoms with van der Waals surface area (Å²) in [5.74, 6) is 1.19. The first-order valence-corrected chi connectivity index (χ1v) is 6.63. The van der Waals surface area contributed by atoms with Gasteiger partial charge in [0.05, 0.1) is 11.5 Å². The van der Waals surface area contributed by atoms with Gasteiger partial charge in [0, 0.05) is 23.3 Å². The lowest BCUT2D eigenvalue weighted by Gasteiger charge is -1.96. The fourth-order valence-corrected chi connectivity index (χ4v) is 2.25. The summed E-state index contributed by atoms with van der Waals surface area (Å²) in [6.45, 7) is 2.02. The molecular formula is C17H16N2O. The van der Waals surface area contributed by atoms with Crippen LogP contribution in [0.3, 0.4) is 0 Å². The zero-order valence-electron chi connectivity index (χ0n) is 11.3. The Hall–Kier alpha value is -2.55. The lowest BCUT2D eigenvalue weighted by molar-refractivity contribution is 0.402. The van der Waals surface area contributed by atoms with Gasteiger partial charge in [-0.25, -0.2) is 4.98 Å². The molecule has 20 heavy (non-hydrogen) atoms. The standard InChI is InChI=1S/C17H16N2O/c1-12-16(13-6-3-2-4-7-13)19-17(18-12)14-8-5-9-15(20)11-10-14/h2-8,10-11,20H,9H2,1H3,(H,18,19). The van der Waals surface area contributed by atoms with Crippen molar-refractivity contribution >= 4 is 5.57 Å². The third-order valence-electron chi connectivity index (χ3n) is 3.29. The molecule has 3 nitrogen and oxygen atoms in total. The largest absolute Gasteiger partial charge is 0.512 e. The van der Waals surface area contributed by atoms with Crippen molar-refractivity contribution in [3.05, 3.63) is 71.9 Å². The van der Waals surface area contributed by atoms with E-state index in [1.807, 2.05) is 43.4 Å². The number of aryl methyl sites for hydroxylation is 1. The molecule has 1 aliphatic carbocycles. The number of H-pyrrole nitrogens is 1. The Balaban J connectivity index is 2.02. The summed E-state index contributed by atoms with van der Waals surface area (Å²) in [6.07, 6.45) is 8.07. The Morgan fingerprint density at radius 2 is 1.95 bits per heavy atom.